The van der Waals surface area contributed by atoms with Crippen molar-refractivity contribution in [3.8, 4) is 5.75 Å². The van der Waals surface area contributed by atoms with Crippen molar-refractivity contribution in [1.29, 1.82) is 0 Å². The summed E-state index contributed by atoms with van der Waals surface area (Å²) in [6, 6.07) is 7.09. The maximum absolute atomic E-state index is 12.4. The summed E-state index contributed by atoms with van der Waals surface area (Å²) in [7, 11) is 0. The van der Waals surface area contributed by atoms with Gasteiger partial charge in [0.05, 0.1) is 31.7 Å². The minimum atomic E-state index is -0.229. The van der Waals surface area contributed by atoms with E-state index in [1.807, 2.05) is 12.1 Å². The Hall–Kier alpha value is -2.87. The second kappa shape index (κ2) is 8.43. The number of hydrogen-bond acceptors (Lipinski definition) is 5. The summed E-state index contributed by atoms with van der Waals surface area (Å²) >= 11 is 0. The molecule has 2 heterocycles. The van der Waals surface area contributed by atoms with Gasteiger partial charge in [-0.25, -0.2) is 0 Å². The summed E-state index contributed by atoms with van der Waals surface area (Å²) in [6.07, 6.45) is 5.68. The minimum Gasteiger partial charge on any atom is -0.493 e. The number of nitrogens with zero attached hydrogens (tertiary/aromatic N) is 3. The molecule has 8 nitrogen and oxygen atoms in total. The van der Waals surface area contributed by atoms with Gasteiger partial charge in [0.1, 0.15) is 12.3 Å². The molecule has 2 fully saturated rings. The zero-order valence-corrected chi connectivity index (χ0v) is 15.7. The molecule has 0 atom stereocenters. The molecule has 8 heteroatoms. The molecule has 1 aliphatic heterocycles. The number of rotatable bonds is 7. The second-order valence-electron chi connectivity index (χ2n) is 7.15. The summed E-state index contributed by atoms with van der Waals surface area (Å²) in [5, 5.41) is 6.96. The Morgan fingerprint density at radius 3 is 2.64 bits per heavy atom. The molecule has 0 spiro atoms. The SMILES string of the molecule is O=C(Nc1cnn(CC(=O)N2CCOCC2)c1)c1ccc(OCC2CC2)cc1. The Balaban J connectivity index is 1.28. The second-order valence-corrected chi connectivity index (χ2v) is 7.15. The molecular weight excluding hydrogens is 360 g/mol. The molecular formula is C20H24N4O4. The van der Waals surface area contributed by atoms with Crippen molar-refractivity contribution < 1.29 is 19.1 Å². The number of carbonyl (C=O) groups excluding carboxylic acids is 2. The highest BCUT2D eigenvalue weighted by Gasteiger charge is 2.22. The summed E-state index contributed by atoms with van der Waals surface area (Å²) in [5.41, 5.74) is 1.09. The summed E-state index contributed by atoms with van der Waals surface area (Å²) in [6.45, 7) is 3.22. The Bertz CT molecular complexity index is 823. The van der Waals surface area contributed by atoms with E-state index in [2.05, 4.69) is 10.4 Å². The van der Waals surface area contributed by atoms with Gasteiger partial charge in [0.15, 0.2) is 0 Å². The zero-order valence-electron chi connectivity index (χ0n) is 15.7. The summed E-state index contributed by atoms with van der Waals surface area (Å²) < 4.78 is 12.5. The van der Waals surface area contributed by atoms with Crippen molar-refractivity contribution in [3.63, 3.8) is 0 Å². The zero-order chi connectivity index (χ0) is 19.3. The number of benzene rings is 1. The van der Waals surface area contributed by atoms with Crippen molar-refractivity contribution >= 4 is 17.5 Å². The van der Waals surface area contributed by atoms with Crippen LogP contribution in [0.1, 0.15) is 23.2 Å². The van der Waals surface area contributed by atoms with Crippen molar-refractivity contribution in [1.82, 2.24) is 14.7 Å². The number of amides is 2. The molecule has 0 unspecified atom stereocenters. The molecule has 1 saturated carbocycles. The minimum absolute atomic E-state index is 0.00828. The molecule has 1 aliphatic carbocycles. The van der Waals surface area contributed by atoms with Crippen LogP contribution in [0.5, 0.6) is 5.75 Å². The van der Waals surface area contributed by atoms with Gasteiger partial charge in [-0.3, -0.25) is 14.3 Å². The van der Waals surface area contributed by atoms with E-state index >= 15 is 0 Å². The van der Waals surface area contributed by atoms with Gasteiger partial charge in [-0.1, -0.05) is 0 Å². The molecule has 0 bridgehead atoms. The smallest absolute Gasteiger partial charge is 0.255 e. The predicted octanol–water partition coefficient (Wildman–Crippen LogP) is 1.78. The van der Waals surface area contributed by atoms with Gasteiger partial charge in [-0.05, 0) is 43.0 Å². The van der Waals surface area contributed by atoms with E-state index in [1.54, 1.807) is 23.2 Å². The van der Waals surface area contributed by atoms with Gasteiger partial charge in [-0.2, -0.15) is 5.10 Å². The van der Waals surface area contributed by atoms with Crippen LogP contribution in [-0.4, -0.2) is 59.4 Å². The molecule has 28 heavy (non-hydrogen) atoms. The number of nitrogens with one attached hydrogen (secondary N) is 1. The average molecular weight is 384 g/mol. The lowest BCUT2D eigenvalue weighted by Gasteiger charge is -2.26. The lowest BCUT2D eigenvalue weighted by atomic mass is 10.2. The summed E-state index contributed by atoms with van der Waals surface area (Å²) in [5.74, 6) is 1.23. The molecule has 1 saturated heterocycles. The van der Waals surface area contributed by atoms with Gasteiger partial charge in [0.2, 0.25) is 5.91 Å². The van der Waals surface area contributed by atoms with Crippen LogP contribution in [-0.2, 0) is 16.1 Å². The van der Waals surface area contributed by atoms with Crippen molar-refractivity contribution in [3.05, 3.63) is 42.2 Å². The Kier molecular flexibility index (Phi) is 5.57. The van der Waals surface area contributed by atoms with E-state index in [1.165, 1.54) is 23.7 Å². The Morgan fingerprint density at radius 2 is 1.93 bits per heavy atom. The van der Waals surface area contributed by atoms with Crippen molar-refractivity contribution in [2.75, 3.05) is 38.2 Å². The van der Waals surface area contributed by atoms with Crippen LogP contribution in [0.2, 0.25) is 0 Å². The monoisotopic (exact) mass is 384 g/mol. The maximum atomic E-state index is 12.4. The first-order valence-electron chi connectivity index (χ1n) is 9.59. The number of aromatic nitrogens is 2. The normalized spacial score (nSPS) is 16.6. The van der Waals surface area contributed by atoms with E-state index in [9.17, 15) is 9.59 Å². The van der Waals surface area contributed by atoms with Crippen LogP contribution in [0.4, 0.5) is 5.69 Å². The number of morpholine rings is 1. The van der Waals surface area contributed by atoms with Gasteiger partial charge in [-0.15, -0.1) is 0 Å². The van der Waals surface area contributed by atoms with Gasteiger partial charge in [0, 0.05) is 24.8 Å². The highest BCUT2D eigenvalue weighted by Crippen LogP contribution is 2.29. The molecule has 0 radical (unpaired) electrons. The van der Waals surface area contributed by atoms with Gasteiger partial charge >= 0.3 is 0 Å². The van der Waals surface area contributed by atoms with Crippen LogP contribution in [0.15, 0.2) is 36.7 Å². The first kappa shape index (κ1) is 18.5. The fraction of sp³-hybridized carbons (Fsp3) is 0.450. The maximum Gasteiger partial charge on any atom is 0.255 e. The lowest BCUT2D eigenvalue weighted by molar-refractivity contribution is -0.136. The van der Waals surface area contributed by atoms with Crippen LogP contribution < -0.4 is 10.1 Å². The average Bonchev–Trinajstić information content (AvgIpc) is 3.46. The molecule has 1 aromatic heterocycles. The fourth-order valence-corrected chi connectivity index (χ4v) is 2.97. The van der Waals surface area contributed by atoms with Crippen LogP contribution >= 0.6 is 0 Å². The summed E-state index contributed by atoms with van der Waals surface area (Å²) in [4.78, 5) is 26.4. The fourth-order valence-electron chi connectivity index (χ4n) is 2.97. The quantitative estimate of drug-likeness (QED) is 0.787. The molecule has 2 amide bonds. The third kappa shape index (κ3) is 4.89. The topological polar surface area (TPSA) is 85.7 Å². The van der Waals surface area contributed by atoms with E-state index in [4.69, 9.17) is 9.47 Å². The van der Waals surface area contributed by atoms with Crippen molar-refractivity contribution in [2.45, 2.75) is 19.4 Å². The number of carbonyl (C=O) groups is 2. The van der Waals surface area contributed by atoms with Crippen LogP contribution in [0.25, 0.3) is 0 Å². The van der Waals surface area contributed by atoms with Gasteiger partial charge in [0.25, 0.3) is 5.91 Å². The third-order valence-corrected chi connectivity index (χ3v) is 4.85. The number of ether oxygens (including phenoxy) is 2. The van der Waals surface area contributed by atoms with Gasteiger partial charge < -0.3 is 19.7 Å². The number of anilines is 1. The molecule has 2 aromatic rings. The Labute approximate surface area is 163 Å². The standard InChI is InChI=1S/C20H24N4O4/c25-19(23-7-9-27-10-8-23)13-24-12-17(11-21-24)22-20(26)16-3-5-18(6-4-16)28-14-15-1-2-15/h3-6,11-12,15H,1-2,7-10,13-14H2,(H,22,26). The predicted molar refractivity (Wildman–Crippen MR) is 102 cm³/mol. The van der Waals surface area contributed by atoms with E-state index in [-0.39, 0.29) is 18.4 Å². The molecule has 4 rings (SSSR count). The molecule has 1 N–H and O–H groups in total. The highest BCUT2D eigenvalue weighted by molar-refractivity contribution is 6.04. The van der Waals surface area contributed by atoms with Crippen molar-refractivity contribution in [2.24, 2.45) is 5.92 Å². The van der Waals surface area contributed by atoms with Crippen LogP contribution in [0.3, 0.4) is 0 Å². The first-order valence-corrected chi connectivity index (χ1v) is 9.59. The van der Waals surface area contributed by atoms with E-state index < -0.39 is 0 Å². The van der Waals surface area contributed by atoms with E-state index in [0.29, 0.717) is 43.5 Å². The lowest BCUT2D eigenvalue weighted by Crippen LogP contribution is -2.42. The largest absolute Gasteiger partial charge is 0.493 e. The molecule has 1 aromatic carbocycles. The highest BCUT2D eigenvalue weighted by atomic mass is 16.5. The van der Waals surface area contributed by atoms with E-state index in [0.717, 1.165) is 12.4 Å². The van der Waals surface area contributed by atoms with Crippen LogP contribution in [0, 0.1) is 5.92 Å². The third-order valence-electron chi connectivity index (χ3n) is 4.85. The number of hydrogen-bond donors (Lipinski definition) is 1. The molecule has 2 aliphatic rings. The molecule has 148 valence electrons. The Morgan fingerprint density at radius 1 is 1.18 bits per heavy atom. The first-order chi connectivity index (χ1) is 13.7.